The largest absolute Gasteiger partial charge is 0 e. The Kier molecular flexibility index (Phi) is 17.6. The van der Waals surface area contributed by atoms with Crippen molar-refractivity contribution < 1.29 is 30.0 Å². The third kappa shape index (κ3) is 10.9. The SMILES string of the molecule is CC(C)C(C(=O)/C=C(\O)C(C(C)C)C(C)C)C(C)C.C[CH](C)[Ge]([c]1cc(-c2ncnc3c2sc2cc(CC(C)(C)C)ccc23)[c-]c2ccccc12)([CH](C)C)[CH](C)C.[Ir]. The van der Waals surface area contributed by atoms with Gasteiger partial charge in [0.2, 0.25) is 0 Å². The van der Waals surface area contributed by atoms with Crippen LogP contribution in [0.2, 0.25) is 14.3 Å². The number of aliphatic hydroxyl groups is 1. The zero-order valence-electron chi connectivity index (χ0n) is 38.7. The first-order chi connectivity index (χ1) is 26.5. The van der Waals surface area contributed by atoms with Crippen molar-refractivity contribution in [3.05, 3.63) is 78.3 Å². The number of nitrogens with zero attached hydrogens (tertiary/aromatic N) is 2. The molecule has 0 spiro atoms. The second kappa shape index (κ2) is 20.5. The first-order valence-corrected chi connectivity index (χ1v) is 27.1. The second-order valence-electron chi connectivity index (χ2n) is 20.1. The zero-order chi connectivity index (χ0) is 42.7. The molecule has 0 atom stereocenters. The summed E-state index contributed by atoms with van der Waals surface area (Å²) in [7, 11) is 0. The summed E-state index contributed by atoms with van der Waals surface area (Å²) in [4.78, 5) is 22.0. The number of carbonyl (C=O) groups excluding carboxylic acids is 1. The molecule has 0 amide bonds. The molecule has 1 N–H and O–H groups in total. The normalized spacial score (nSPS) is 13.1. The van der Waals surface area contributed by atoms with Crippen molar-refractivity contribution in [2.24, 2.45) is 40.9 Å². The minimum atomic E-state index is -2.60. The maximum atomic E-state index is 12.3. The number of thiophene rings is 1. The molecule has 0 fully saturated rings. The van der Waals surface area contributed by atoms with E-state index in [-0.39, 0.29) is 48.9 Å². The van der Waals surface area contributed by atoms with E-state index >= 15 is 0 Å². The molecular weight excluding hydrogens is 969 g/mol. The molecule has 0 aliphatic heterocycles. The monoisotopic (exact) mass is 1040 g/mol. The van der Waals surface area contributed by atoms with Crippen LogP contribution in [0.25, 0.3) is 42.3 Å². The van der Waals surface area contributed by atoms with Crippen LogP contribution in [-0.2, 0) is 31.3 Å². The Labute approximate surface area is 372 Å². The van der Waals surface area contributed by atoms with E-state index in [2.05, 4.69) is 172 Å². The van der Waals surface area contributed by atoms with Gasteiger partial charge in [0, 0.05) is 38.0 Å². The maximum Gasteiger partial charge on any atom is 0 e. The average molecular weight is 1040 g/mol. The third-order valence-electron chi connectivity index (χ3n) is 12.2. The van der Waals surface area contributed by atoms with Crippen LogP contribution in [0.5, 0.6) is 0 Å². The first-order valence-electron chi connectivity index (χ1n) is 21.6. The number of carbonyl (C=O) groups is 1. The number of aliphatic hydroxyl groups excluding tert-OH is 1. The van der Waals surface area contributed by atoms with Crippen LogP contribution in [0.15, 0.2) is 66.7 Å². The Morgan fingerprint density at radius 2 is 1.31 bits per heavy atom. The number of hydrogen-bond donors (Lipinski definition) is 1. The molecule has 0 saturated carbocycles. The summed E-state index contributed by atoms with van der Waals surface area (Å²) in [5, 5.41) is 14.1. The van der Waals surface area contributed by atoms with Gasteiger partial charge in [0.25, 0.3) is 0 Å². The van der Waals surface area contributed by atoms with Gasteiger partial charge in [0.1, 0.15) is 0 Å². The van der Waals surface area contributed by atoms with Crippen molar-refractivity contribution in [1.82, 2.24) is 9.97 Å². The molecular formula is C51H73GeIrN2O2S-. The first kappa shape index (κ1) is 50.0. The Hall–Kier alpha value is -2.38. The molecule has 7 heteroatoms. The third-order valence-corrected chi connectivity index (χ3v) is 28.2. The van der Waals surface area contributed by atoms with Crippen molar-refractivity contribution in [2.75, 3.05) is 0 Å². The van der Waals surface area contributed by atoms with Gasteiger partial charge in [-0.3, -0.25) is 4.79 Å². The number of rotatable bonds is 13. The van der Waals surface area contributed by atoms with Gasteiger partial charge in [0.15, 0.2) is 5.78 Å². The molecule has 2 aromatic heterocycles. The van der Waals surface area contributed by atoms with Crippen molar-refractivity contribution in [1.29, 1.82) is 0 Å². The second-order valence-corrected chi connectivity index (χ2v) is 33.5. The smallest absolute Gasteiger partial charge is 0 e. The van der Waals surface area contributed by atoms with E-state index in [1.54, 1.807) is 10.7 Å². The summed E-state index contributed by atoms with van der Waals surface area (Å²) >= 11 is -0.772. The maximum absolute atomic E-state index is 12.3. The molecule has 0 aliphatic rings. The molecule has 0 bridgehead atoms. The van der Waals surface area contributed by atoms with Crippen molar-refractivity contribution in [3.8, 4) is 11.3 Å². The number of benzene rings is 3. The topological polar surface area (TPSA) is 63.1 Å². The molecule has 319 valence electrons. The number of hydrogen-bond acceptors (Lipinski definition) is 5. The van der Waals surface area contributed by atoms with Gasteiger partial charge < -0.3 is 5.11 Å². The van der Waals surface area contributed by atoms with Crippen LogP contribution in [-0.4, -0.2) is 34.1 Å². The molecule has 5 aromatic rings. The van der Waals surface area contributed by atoms with Crippen LogP contribution < -0.4 is 4.40 Å². The van der Waals surface area contributed by atoms with Gasteiger partial charge >= 0.3 is 236 Å². The molecule has 0 unspecified atom stereocenters. The van der Waals surface area contributed by atoms with Gasteiger partial charge in [-0.05, 0) is 23.7 Å². The number of allylic oxidation sites excluding steroid dienone is 2. The van der Waals surface area contributed by atoms with Gasteiger partial charge in [0.05, 0.1) is 5.76 Å². The number of fused-ring (bicyclic) bond motifs is 4. The van der Waals surface area contributed by atoms with Crippen LogP contribution in [0.3, 0.4) is 0 Å². The Morgan fingerprint density at radius 3 is 1.83 bits per heavy atom. The Morgan fingerprint density at radius 1 is 0.759 bits per heavy atom. The van der Waals surface area contributed by atoms with Crippen molar-refractivity contribution >= 4 is 65.9 Å². The summed E-state index contributed by atoms with van der Waals surface area (Å²) in [5.41, 5.74) is 4.84. The van der Waals surface area contributed by atoms with Gasteiger partial charge in [-0.2, -0.15) is 0 Å². The molecule has 5 rings (SSSR count). The van der Waals surface area contributed by atoms with E-state index < -0.39 is 13.3 Å². The standard InChI is InChI=1S/C34H41GeN2S.C17H32O2.Ir/c1-21(2)35(22(3)4,23(5)6)29-18-26(17-25-12-10-11-13-27(25)29)31-33-32(37-20-36-31)28-15-14-24(16-30(28)38-33)19-34(7,8)9;1-10(2)16(11(3)4)14(18)9-15(19)17(12(5)6)13(7)8;/h10-16,18,20-23H,19H2,1-9H3;9-13,16-18H,1-8H3;/q-1;;/b;14-9-;. The van der Waals surface area contributed by atoms with Gasteiger partial charge in [-0.25, -0.2) is 0 Å². The summed E-state index contributed by atoms with van der Waals surface area (Å²) in [6.45, 7) is 38.3. The fourth-order valence-electron chi connectivity index (χ4n) is 10.4. The van der Waals surface area contributed by atoms with Gasteiger partial charge in [-0.1, -0.05) is 55.4 Å². The Balaban J connectivity index is 0.000000384. The van der Waals surface area contributed by atoms with E-state index in [1.807, 2.05) is 11.3 Å². The Bertz CT molecular complexity index is 2130. The minimum absolute atomic E-state index is 0. The van der Waals surface area contributed by atoms with Gasteiger partial charge in [-0.15, -0.1) is 0 Å². The van der Waals surface area contributed by atoms with Crippen LogP contribution in [0, 0.1) is 47.0 Å². The van der Waals surface area contributed by atoms with E-state index in [1.165, 1.54) is 37.2 Å². The predicted octanol–water partition coefficient (Wildman–Crippen LogP) is 14.8. The zero-order valence-corrected chi connectivity index (χ0v) is 44.0. The molecule has 3 aromatic carbocycles. The molecule has 2 heterocycles. The summed E-state index contributed by atoms with van der Waals surface area (Å²) < 4.78 is 6.08. The number of aromatic nitrogens is 2. The van der Waals surface area contributed by atoms with E-state index in [9.17, 15) is 9.90 Å². The molecule has 4 nitrogen and oxygen atoms in total. The summed E-state index contributed by atoms with van der Waals surface area (Å²) in [5.74, 6) is 1.63. The summed E-state index contributed by atoms with van der Waals surface area (Å²) in [6, 6.07) is 22.1. The quantitative estimate of drug-likeness (QED) is 0.0552. The average Bonchev–Trinajstić information content (AvgIpc) is 3.44. The number of ketones is 1. The van der Waals surface area contributed by atoms with E-state index in [4.69, 9.17) is 9.97 Å². The van der Waals surface area contributed by atoms with E-state index in [0.717, 1.165) is 23.2 Å². The fraction of sp³-hybridized carbons (Fsp3) is 0.549. The molecule has 0 saturated heterocycles. The summed E-state index contributed by atoms with van der Waals surface area (Å²) in [6.07, 6.45) is 4.29. The van der Waals surface area contributed by atoms with E-state index in [0.29, 0.717) is 37.9 Å². The molecule has 58 heavy (non-hydrogen) atoms. The van der Waals surface area contributed by atoms with Crippen LogP contribution >= 0.6 is 11.3 Å². The van der Waals surface area contributed by atoms with Crippen molar-refractivity contribution in [2.45, 2.75) is 138 Å². The van der Waals surface area contributed by atoms with Crippen LogP contribution in [0.1, 0.15) is 123 Å². The predicted molar refractivity (Wildman–Crippen MR) is 253 cm³/mol. The minimum Gasteiger partial charge on any atom is 0 e. The van der Waals surface area contributed by atoms with Crippen molar-refractivity contribution in [3.63, 3.8) is 0 Å². The molecule has 0 aliphatic carbocycles. The fourth-order valence-corrected chi connectivity index (χ4v) is 26.2. The van der Waals surface area contributed by atoms with Crippen LogP contribution in [0.4, 0.5) is 0 Å². The molecule has 1 radical (unpaired) electrons.